The zero-order valence-corrected chi connectivity index (χ0v) is 26.3. The maximum atomic E-state index is 4.92. The van der Waals surface area contributed by atoms with Crippen molar-refractivity contribution in [2.24, 2.45) is 0 Å². The maximum absolute atomic E-state index is 4.92. The predicted molar refractivity (Wildman–Crippen MR) is 198 cm³/mol. The molecule has 7 aromatic carbocycles. The molecule has 0 saturated heterocycles. The highest BCUT2D eigenvalue weighted by Crippen LogP contribution is 2.46. The molecule has 4 nitrogen and oxygen atoms in total. The van der Waals surface area contributed by atoms with E-state index in [-0.39, 0.29) is 0 Å². The Labute approximate surface area is 278 Å². The molecule has 0 atom stereocenters. The summed E-state index contributed by atoms with van der Waals surface area (Å²) in [5.74, 6) is 0. The molecule has 8 aromatic rings. The number of nitrogens with zero attached hydrogens (tertiary/aromatic N) is 4. The van der Waals surface area contributed by atoms with E-state index in [9.17, 15) is 0 Å². The lowest BCUT2D eigenvalue weighted by atomic mass is 9.95. The summed E-state index contributed by atoms with van der Waals surface area (Å²) in [4.78, 5) is 4.61. The molecule has 0 saturated carbocycles. The van der Waals surface area contributed by atoms with Crippen LogP contribution in [0.2, 0.25) is 0 Å². The second-order valence-corrected chi connectivity index (χ2v) is 11.7. The van der Waals surface area contributed by atoms with Crippen LogP contribution in [-0.4, -0.2) is 8.75 Å². The van der Waals surface area contributed by atoms with Crippen LogP contribution in [0.25, 0.3) is 33.3 Å². The fourth-order valence-corrected chi connectivity index (χ4v) is 6.83. The second kappa shape index (κ2) is 12.8. The van der Waals surface area contributed by atoms with E-state index in [1.165, 1.54) is 11.7 Å². The molecule has 1 aromatic heterocycles. The third-order valence-electron chi connectivity index (χ3n) is 8.34. The topological polar surface area (TPSA) is 32.3 Å². The van der Waals surface area contributed by atoms with Gasteiger partial charge in [0.15, 0.2) is 0 Å². The van der Waals surface area contributed by atoms with Crippen LogP contribution in [0.5, 0.6) is 0 Å². The van der Waals surface area contributed by atoms with Gasteiger partial charge in [0.1, 0.15) is 11.0 Å². The summed E-state index contributed by atoms with van der Waals surface area (Å²) in [7, 11) is 0. The first-order chi connectivity index (χ1) is 23.4. The normalized spacial score (nSPS) is 11.0. The van der Waals surface area contributed by atoms with Crippen LogP contribution in [0.15, 0.2) is 182 Å². The Bertz CT molecular complexity index is 2010. The van der Waals surface area contributed by atoms with Gasteiger partial charge in [-0.25, -0.2) is 0 Å². The highest BCUT2D eigenvalue weighted by Gasteiger charge is 2.23. The SMILES string of the molecule is c1ccc(N(c2ccccc2)c2ccccc2-c2ccc(-c3ccccc3N(c3ccccc3)c3ccccc3)c3nsnc23)cc1. The number of aromatic nitrogens is 2. The van der Waals surface area contributed by atoms with E-state index >= 15 is 0 Å². The number of fused-ring (bicyclic) bond motifs is 1. The Morgan fingerprint density at radius 1 is 0.298 bits per heavy atom. The number of rotatable bonds is 8. The number of benzene rings is 7. The van der Waals surface area contributed by atoms with E-state index < -0.39 is 0 Å². The van der Waals surface area contributed by atoms with Gasteiger partial charge in [-0.05, 0) is 60.7 Å². The van der Waals surface area contributed by atoms with E-state index in [0.29, 0.717) is 0 Å². The van der Waals surface area contributed by atoms with Crippen molar-refractivity contribution >= 4 is 56.9 Å². The molecule has 0 bridgehead atoms. The Balaban J connectivity index is 1.30. The van der Waals surface area contributed by atoms with Gasteiger partial charge >= 0.3 is 0 Å². The number of hydrogen-bond acceptors (Lipinski definition) is 5. The fraction of sp³-hybridized carbons (Fsp3) is 0. The first-order valence-electron chi connectivity index (χ1n) is 15.6. The van der Waals surface area contributed by atoms with Crippen LogP contribution in [0.4, 0.5) is 34.1 Å². The third kappa shape index (κ3) is 5.43. The molecule has 0 aliphatic carbocycles. The van der Waals surface area contributed by atoms with Gasteiger partial charge in [-0.2, -0.15) is 8.75 Å². The highest BCUT2D eigenvalue weighted by atomic mass is 32.1. The molecule has 0 amide bonds. The third-order valence-corrected chi connectivity index (χ3v) is 8.87. The summed E-state index contributed by atoms with van der Waals surface area (Å²) in [5.41, 5.74) is 12.6. The minimum absolute atomic E-state index is 0.891. The summed E-state index contributed by atoms with van der Waals surface area (Å²) < 4.78 is 9.83. The smallest absolute Gasteiger partial charge is 0.113 e. The van der Waals surface area contributed by atoms with Gasteiger partial charge in [0, 0.05) is 45.0 Å². The molecule has 8 rings (SSSR count). The predicted octanol–water partition coefficient (Wildman–Crippen LogP) is 12.0. The van der Waals surface area contributed by atoms with Crippen molar-refractivity contribution in [3.8, 4) is 22.3 Å². The minimum atomic E-state index is 0.891. The van der Waals surface area contributed by atoms with Crippen LogP contribution in [0.3, 0.4) is 0 Å². The van der Waals surface area contributed by atoms with Gasteiger partial charge in [-0.3, -0.25) is 0 Å². The number of para-hydroxylation sites is 6. The van der Waals surface area contributed by atoms with Gasteiger partial charge < -0.3 is 9.80 Å². The maximum Gasteiger partial charge on any atom is 0.113 e. The Kier molecular flexibility index (Phi) is 7.72. The minimum Gasteiger partial charge on any atom is -0.310 e. The summed E-state index contributed by atoms with van der Waals surface area (Å²) >= 11 is 1.26. The molecule has 0 fully saturated rings. The van der Waals surface area contributed by atoms with Crippen molar-refractivity contribution in [1.82, 2.24) is 8.75 Å². The lowest BCUT2D eigenvalue weighted by Gasteiger charge is -2.28. The summed E-state index contributed by atoms with van der Waals surface area (Å²) in [6.07, 6.45) is 0. The molecular formula is C42H30N4S. The van der Waals surface area contributed by atoms with E-state index in [1.807, 2.05) is 0 Å². The molecule has 0 N–H and O–H groups in total. The molecule has 0 radical (unpaired) electrons. The summed E-state index contributed by atoms with van der Waals surface area (Å²) in [6.45, 7) is 0. The van der Waals surface area contributed by atoms with Gasteiger partial charge in [0.2, 0.25) is 0 Å². The van der Waals surface area contributed by atoms with Crippen LogP contribution in [0.1, 0.15) is 0 Å². The average Bonchev–Trinajstić information content (AvgIpc) is 3.65. The first kappa shape index (κ1) is 28.4. The first-order valence-corrected chi connectivity index (χ1v) is 16.3. The molecular weight excluding hydrogens is 593 g/mol. The number of hydrogen-bond donors (Lipinski definition) is 0. The lowest BCUT2D eigenvalue weighted by molar-refractivity contribution is 1.28. The van der Waals surface area contributed by atoms with Crippen LogP contribution < -0.4 is 9.80 Å². The fourth-order valence-electron chi connectivity index (χ4n) is 6.26. The molecule has 47 heavy (non-hydrogen) atoms. The van der Waals surface area contributed by atoms with Crippen molar-refractivity contribution in [3.63, 3.8) is 0 Å². The van der Waals surface area contributed by atoms with E-state index in [0.717, 1.165) is 67.4 Å². The summed E-state index contributed by atoms with van der Waals surface area (Å²) in [6, 6.07) is 63.6. The Morgan fingerprint density at radius 3 is 0.936 bits per heavy atom. The Hall–Kier alpha value is -6.04. The van der Waals surface area contributed by atoms with Crippen LogP contribution in [-0.2, 0) is 0 Å². The number of anilines is 6. The van der Waals surface area contributed by atoms with Crippen molar-refractivity contribution in [2.75, 3.05) is 9.80 Å². The zero-order chi connectivity index (χ0) is 31.4. The van der Waals surface area contributed by atoms with Gasteiger partial charge in [0.05, 0.1) is 23.1 Å². The van der Waals surface area contributed by atoms with Gasteiger partial charge in [-0.15, -0.1) is 0 Å². The summed E-state index contributed by atoms with van der Waals surface area (Å²) in [5, 5.41) is 0. The average molecular weight is 623 g/mol. The molecule has 224 valence electrons. The van der Waals surface area contributed by atoms with E-state index in [2.05, 4.69) is 192 Å². The van der Waals surface area contributed by atoms with Crippen molar-refractivity contribution < 1.29 is 0 Å². The van der Waals surface area contributed by atoms with Gasteiger partial charge in [-0.1, -0.05) is 121 Å². The van der Waals surface area contributed by atoms with Crippen LogP contribution >= 0.6 is 11.7 Å². The van der Waals surface area contributed by atoms with Gasteiger partial charge in [0.25, 0.3) is 0 Å². The Morgan fingerprint density at radius 2 is 0.596 bits per heavy atom. The zero-order valence-electron chi connectivity index (χ0n) is 25.5. The van der Waals surface area contributed by atoms with Crippen molar-refractivity contribution in [1.29, 1.82) is 0 Å². The van der Waals surface area contributed by atoms with Crippen molar-refractivity contribution in [3.05, 3.63) is 182 Å². The quantitative estimate of drug-likeness (QED) is 0.169. The standard InChI is InChI=1S/C42H30N4S/c1-5-17-31(18-6-1)45(32-19-7-2-8-20-32)39-27-15-13-25-35(39)37-29-30-38(42-41(37)43-47-44-42)36-26-14-16-28-40(36)46(33-21-9-3-10-22-33)34-23-11-4-12-24-34/h1-30H. The monoisotopic (exact) mass is 622 g/mol. The lowest BCUT2D eigenvalue weighted by Crippen LogP contribution is -2.11. The molecule has 0 unspecified atom stereocenters. The molecule has 0 spiro atoms. The highest BCUT2D eigenvalue weighted by molar-refractivity contribution is 7.00. The largest absolute Gasteiger partial charge is 0.310 e. The second-order valence-electron chi connectivity index (χ2n) is 11.2. The van der Waals surface area contributed by atoms with E-state index in [1.54, 1.807) is 0 Å². The van der Waals surface area contributed by atoms with Crippen molar-refractivity contribution in [2.45, 2.75) is 0 Å². The molecule has 5 heteroatoms. The molecule has 1 heterocycles. The molecule has 0 aliphatic rings. The van der Waals surface area contributed by atoms with Crippen LogP contribution in [0, 0.1) is 0 Å². The van der Waals surface area contributed by atoms with E-state index in [4.69, 9.17) is 8.75 Å². The molecule has 0 aliphatic heterocycles.